The highest BCUT2D eigenvalue weighted by Gasteiger charge is 2.03. The van der Waals surface area contributed by atoms with E-state index in [0.29, 0.717) is 10.0 Å². The van der Waals surface area contributed by atoms with Crippen molar-refractivity contribution in [3.05, 3.63) is 50.1 Å². The highest BCUT2D eigenvalue weighted by atomic mass is 35.5. The molecule has 0 spiro atoms. The zero-order chi connectivity index (χ0) is 11.5. The Bertz CT molecular complexity index is 494. The van der Waals surface area contributed by atoms with Crippen molar-refractivity contribution in [3.8, 4) is 0 Å². The maximum atomic E-state index is 6.07. The monoisotopic (exact) mass is 271 g/mol. The van der Waals surface area contributed by atoms with Crippen molar-refractivity contribution >= 4 is 40.2 Å². The zero-order valence-electron chi connectivity index (χ0n) is 8.76. The fraction of sp³-hybridized carbons (Fsp3) is 0.167. The molecule has 0 radical (unpaired) electrons. The molecule has 0 fully saturated rings. The standard InChI is InChI=1S/C12H11Cl2NS/c1-8-4-5-16-12(8)7-15-11-3-2-9(13)6-10(11)14/h2-6,15H,7H2,1H3. The summed E-state index contributed by atoms with van der Waals surface area (Å²) < 4.78 is 0. The second-order valence-corrected chi connectivity index (χ2v) is 5.35. The van der Waals surface area contributed by atoms with E-state index in [9.17, 15) is 0 Å². The lowest BCUT2D eigenvalue weighted by atomic mass is 10.2. The maximum Gasteiger partial charge on any atom is 0.0652 e. The fourth-order valence-corrected chi connectivity index (χ4v) is 2.71. The Morgan fingerprint density at radius 3 is 2.69 bits per heavy atom. The van der Waals surface area contributed by atoms with Gasteiger partial charge in [0.2, 0.25) is 0 Å². The first-order valence-electron chi connectivity index (χ1n) is 4.88. The summed E-state index contributed by atoms with van der Waals surface area (Å²) in [7, 11) is 0. The summed E-state index contributed by atoms with van der Waals surface area (Å²) in [5.41, 5.74) is 2.22. The van der Waals surface area contributed by atoms with Gasteiger partial charge in [-0.1, -0.05) is 23.2 Å². The van der Waals surface area contributed by atoms with E-state index in [1.165, 1.54) is 10.4 Å². The number of halogens is 2. The highest BCUT2D eigenvalue weighted by Crippen LogP contribution is 2.26. The number of hydrogen-bond acceptors (Lipinski definition) is 2. The molecule has 1 nitrogen and oxygen atoms in total. The smallest absolute Gasteiger partial charge is 0.0652 e. The Labute approximate surface area is 109 Å². The van der Waals surface area contributed by atoms with Gasteiger partial charge in [-0.15, -0.1) is 11.3 Å². The van der Waals surface area contributed by atoms with Gasteiger partial charge in [0.15, 0.2) is 0 Å². The quantitative estimate of drug-likeness (QED) is 0.831. The third kappa shape index (κ3) is 2.70. The van der Waals surface area contributed by atoms with Gasteiger partial charge in [-0.2, -0.15) is 0 Å². The van der Waals surface area contributed by atoms with Crippen molar-refractivity contribution in [2.45, 2.75) is 13.5 Å². The summed E-state index contributed by atoms with van der Waals surface area (Å²) >= 11 is 13.6. The fourth-order valence-electron chi connectivity index (χ4n) is 1.39. The van der Waals surface area contributed by atoms with Crippen LogP contribution in [-0.4, -0.2) is 0 Å². The normalized spacial score (nSPS) is 10.4. The third-order valence-electron chi connectivity index (χ3n) is 2.34. The van der Waals surface area contributed by atoms with E-state index in [1.54, 1.807) is 17.4 Å². The predicted molar refractivity (Wildman–Crippen MR) is 72.8 cm³/mol. The zero-order valence-corrected chi connectivity index (χ0v) is 11.1. The van der Waals surface area contributed by atoms with Crippen LogP contribution in [0.1, 0.15) is 10.4 Å². The maximum absolute atomic E-state index is 6.07. The minimum Gasteiger partial charge on any atom is -0.379 e. The SMILES string of the molecule is Cc1ccsc1CNc1ccc(Cl)cc1Cl. The average Bonchev–Trinajstić information content (AvgIpc) is 2.63. The molecule has 0 aliphatic heterocycles. The molecule has 0 bridgehead atoms. The van der Waals surface area contributed by atoms with E-state index in [4.69, 9.17) is 23.2 Å². The second-order valence-electron chi connectivity index (χ2n) is 3.50. The lowest BCUT2D eigenvalue weighted by molar-refractivity contribution is 1.17. The molecule has 0 amide bonds. The molecule has 2 aromatic rings. The van der Waals surface area contributed by atoms with Gasteiger partial charge in [0.1, 0.15) is 0 Å². The summed E-state index contributed by atoms with van der Waals surface area (Å²) in [5, 5.41) is 6.71. The number of nitrogens with one attached hydrogen (secondary N) is 1. The van der Waals surface area contributed by atoms with Crippen LogP contribution in [-0.2, 0) is 6.54 Å². The van der Waals surface area contributed by atoms with Gasteiger partial charge >= 0.3 is 0 Å². The van der Waals surface area contributed by atoms with Crippen molar-refractivity contribution < 1.29 is 0 Å². The summed E-state index contributed by atoms with van der Waals surface area (Å²) in [5.74, 6) is 0. The highest BCUT2D eigenvalue weighted by molar-refractivity contribution is 7.10. The van der Waals surface area contributed by atoms with Crippen molar-refractivity contribution in [3.63, 3.8) is 0 Å². The number of aryl methyl sites for hydroxylation is 1. The summed E-state index contributed by atoms with van der Waals surface area (Å²) in [6, 6.07) is 7.59. The van der Waals surface area contributed by atoms with Gasteiger partial charge in [-0.3, -0.25) is 0 Å². The van der Waals surface area contributed by atoms with E-state index >= 15 is 0 Å². The number of benzene rings is 1. The molecular formula is C12H11Cl2NS. The molecule has 1 aromatic carbocycles. The van der Waals surface area contributed by atoms with Crippen LogP contribution in [0.4, 0.5) is 5.69 Å². The van der Waals surface area contributed by atoms with E-state index in [-0.39, 0.29) is 0 Å². The topological polar surface area (TPSA) is 12.0 Å². The van der Waals surface area contributed by atoms with E-state index in [0.717, 1.165) is 12.2 Å². The Balaban J connectivity index is 2.08. The minimum atomic E-state index is 0.654. The van der Waals surface area contributed by atoms with E-state index in [2.05, 4.69) is 23.7 Å². The van der Waals surface area contributed by atoms with Gasteiger partial charge in [-0.05, 0) is 42.1 Å². The molecule has 0 atom stereocenters. The molecule has 0 aliphatic rings. The lowest BCUT2D eigenvalue weighted by Gasteiger charge is -2.08. The summed E-state index contributed by atoms with van der Waals surface area (Å²) in [4.78, 5) is 1.33. The molecule has 1 aromatic heterocycles. The Hall–Kier alpha value is -0.700. The van der Waals surface area contributed by atoms with Gasteiger partial charge in [0.25, 0.3) is 0 Å². The van der Waals surface area contributed by atoms with Crippen LogP contribution in [0.25, 0.3) is 0 Å². The van der Waals surface area contributed by atoms with Crippen LogP contribution in [0.3, 0.4) is 0 Å². The van der Waals surface area contributed by atoms with Gasteiger partial charge in [0, 0.05) is 16.4 Å². The van der Waals surface area contributed by atoms with Gasteiger partial charge in [0.05, 0.1) is 10.7 Å². The van der Waals surface area contributed by atoms with Crippen LogP contribution in [0, 0.1) is 6.92 Å². The van der Waals surface area contributed by atoms with Crippen LogP contribution >= 0.6 is 34.5 Å². The van der Waals surface area contributed by atoms with E-state index < -0.39 is 0 Å². The van der Waals surface area contributed by atoms with Crippen LogP contribution < -0.4 is 5.32 Å². The third-order valence-corrected chi connectivity index (χ3v) is 3.91. The van der Waals surface area contributed by atoms with Gasteiger partial charge < -0.3 is 5.32 Å². The van der Waals surface area contributed by atoms with Crippen molar-refractivity contribution in [1.82, 2.24) is 0 Å². The number of thiophene rings is 1. The molecule has 0 saturated heterocycles. The molecule has 4 heteroatoms. The molecule has 84 valence electrons. The molecule has 2 rings (SSSR count). The first kappa shape index (κ1) is 11.8. The van der Waals surface area contributed by atoms with Crippen LogP contribution in [0.15, 0.2) is 29.6 Å². The lowest BCUT2D eigenvalue weighted by Crippen LogP contribution is -1.99. The molecule has 0 saturated carbocycles. The number of anilines is 1. The predicted octanol–water partition coefficient (Wildman–Crippen LogP) is 4.98. The molecule has 1 N–H and O–H groups in total. The minimum absolute atomic E-state index is 0.654. The molecule has 16 heavy (non-hydrogen) atoms. The van der Waals surface area contributed by atoms with Crippen molar-refractivity contribution in [2.75, 3.05) is 5.32 Å². The largest absolute Gasteiger partial charge is 0.379 e. The summed E-state index contributed by atoms with van der Waals surface area (Å²) in [6.07, 6.45) is 0. The average molecular weight is 272 g/mol. The first-order valence-corrected chi connectivity index (χ1v) is 6.52. The number of hydrogen-bond donors (Lipinski definition) is 1. The molecule has 0 aliphatic carbocycles. The molecule has 0 unspecified atom stereocenters. The Kier molecular flexibility index (Phi) is 3.74. The Morgan fingerprint density at radius 2 is 2.06 bits per heavy atom. The van der Waals surface area contributed by atoms with Crippen molar-refractivity contribution in [1.29, 1.82) is 0 Å². The summed E-state index contributed by atoms with van der Waals surface area (Å²) in [6.45, 7) is 2.90. The second kappa shape index (κ2) is 5.09. The first-order chi connectivity index (χ1) is 7.66. The van der Waals surface area contributed by atoms with Crippen LogP contribution in [0.5, 0.6) is 0 Å². The Morgan fingerprint density at radius 1 is 1.25 bits per heavy atom. The molecular weight excluding hydrogens is 261 g/mol. The van der Waals surface area contributed by atoms with Crippen molar-refractivity contribution in [2.24, 2.45) is 0 Å². The van der Waals surface area contributed by atoms with E-state index in [1.807, 2.05) is 12.1 Å². The number of rotatable bonds is 3. The van der Waals surface area contributed by atoms with Gasteiger partial charge in [-0.25, -0.2) is 0 Å². The van der Waals surface area contributed by atoms with Crippen LogP contribution in [0.2, 0.25) is 10.0 Å². The molecule has 1 heterocycles.